The van der Waals surface area contributed by atoms with Gasteiger partial charge in [0.25, 0.3) is 0 Å². The van der Waals surface area contributed by atoms with Crippen LogP contribution < -0.4 is 10.6 Å². The van der Waals surface area contributed by atoms with E-state index in [1.165, 1.54) is 11.3 Å². The second kappa shape index (κ2) is 10.8. The van der Waals surface area contributed by atoms with Crippen molar-refractivity contribution >= 4 is 28.3 Å². The molecule has 0 saturated carbocycles. The van der Waals surface area contributed by atoms with Crippen molar-refractivity contribution in [1.82, 2.24) is 15.2 Å². The molecule has 3 rings (SSSR count). The number of ether oxygens (including phenoxy) is 1. The number of carbonyl (C=O) groups excluding carboxylic acids is 2. The Kier molecular flexibility index (Phi) is 8.17. The number of carbonyl (C=O) groups is 2. The maximum Gasteiger partial charge on any atom is 0.248 e. The maximum atomic E-state index is 12.8. The number of anilines is 1. The van der Waals surface area contributed by atoms with Crippen molar-refractivity contribution in [3.63, 3.8) is 0 Å². The minimum atomic E-state index is -0.621. The molecule has 1 aliphatic heterocycles. The maximum absolute atomic E-state index is 12.8. The van der Waals surface area contributed by atoms with E-state index in [2.05, 4.69) is 34.4 Å². The van der Waals surface area contributed by atoms with E-state index in [0.29, 0.717) is 5.13 Å². The molecule has 1 aliphatic rings. The fourth-order valence-electron chi connectivity index (χ4n) is 3.80. The van der Waals surface area contributed by atoms with Crippen LogP contribution in [-0.4, -0.2) is 53.0 Å². The van der Waals surface area contributed by atoms with Crippen LogP contribution in [0.1, 0.15) is 39.0 Å². The Balaban J connectivity index is 1.55. The van der Waals surface area contributed by atoms with E-state index in [-0.39, 0.29) is 36.4 Å². The summed E-state index contributed by atoms with van der Waals surface area (Å²) in [5.74, 6) is -0.461. The van der Waals surface area contributed by atoms with E-state index in [9.17, 15) is 9.59 Å². The van der Waals surface area contributed by atoms with Crippen molar-refractivity contribution in [2.24, 2.45) is 5.92 Å². The number of morpholine rings is 1. The van der Waals surface area contributed by atoms with Crippen LogP contribution in [0, 0.1) is 5.92 Å². The molecule has 1 aromatic carbocycles. The SMILES string of the molecule is CC(C)[C@H](NC(=O)Cc1ccccc1)C(=O)Nc1nc(CN2C[C@@H](C)O[C@@H](C)C2)cs1. The van der Waals surface area contributed by atoms with Gasteiger partial charge in [-0.3, -0.25) is 14.5 Å². The fraction of sp³-hybridized carbons (Fsp3) is 0.522. The van der Waals surface area contributed by atoms with Crippen molar-refractivity contribution in [2.75, 3.05) is 18.4 Å². The molecule has 31 heavy (non-hydrogen) atoms. The first-order valence-electron chi connectivity index (χ1n) is 10.8. The third-order valence-electron chi connectivity index (χ3n) is 5.14. The summed E-state index contributed by atoms with van der Waals surface area (Å²) in [6, 6.07) is 8.88. The molecule has 0 spiro atoms. The van der Waals surface area contributed by atoms with Crippen LogP contribution in [0.25, 0.3) is 0 Å². The lowest BCUT2D eigenvalue weighted by Gasteiger charge is -2.34. The second-order valence-electron chi connectivity index (χ2n) is 8.54. The van der Waals surface area contributed by atoms with E-state index in [1.807, 2.05) is 49.6 Å². The van der Waals surface area contributed by atoms with Crippen molar-refractivity contribution in [1.29, 1.82) is 0 Å². The van der Waals surface area contributed by atoms with Crippen LogP contribution in [0.15, 0.2) is 35.7 Å². The Morgan fingerprint density at radius 3 is 2.52 bits per heavy atom. The lowest BCUT2D eigenvalue weighted by molar-refractivity contribution is -0.127. The molecule has 0 bridgehead atoms. The first-order chi connectivity index (χ1) is 14.8. The molecule has 8 heteroatoms. The predicted octanol–water partition coefficient (Wildman–Crippen LogP) is 3.07. The van der Waals surface area contributed by atoms with Crippen LogP contribution in [0.5, 0.6) is 0 Å². The van der Waals surface area contributed by atoms with E-state index in [4.69, 9.17) is 4.74 Å². The molecule has 2 heterocycles. The molecule has 1 fully saturated rings. The molecule has 3 atom stereocenters. The normalized spacial score (nSPS) is 20.4. The number of thiazole rings is 1. The number of aromatic nitrogens is 1. The highest BCUT2D eigenvalue weighted by Gasteiger charge is 2.26. The van der Waals surface area contributed by atoms with Gasteiger partial charge in [-0.25, -0.2) is 4.98 Å². The van der Waals surface area contributed by atoms with Gasteiger partial charge < -0.3 is 15.4 Å². The number of hydrogen-bond acceptors (Lipinski definition) is 6. The Hall–Kier alpha value is -2.29. The lowest BCUT2D eigenvalue weighted by atomic mass is 10.0. The fourth-order valence-corrected chi connectivity index (χ4v) is 4.51. The van der Waals surface area contributed by atoms with Gasteiger partial charge in [0.05, 0.1) is 24.3 Å². The molecule has 2 aromatic rings. The average Bonchev–Trinajstić information content (AvgIpc) is 3.12. The highest BCUT2D eigenvalue weighted by Crippen LogP contribution is 2.20. The van der Waals surface area contributed by atoms with Crippen LogP contribution >= 0.6 is 11.3 Å². The van der Waals surface area contributed by atoms with Gasteiger partial charge >= 0.3 is 0 Å². The zero-order valence-electron chi connectivity index (χ0n) is 18.6. The van der Waals surface area contributed by atoms with E-state index in [1.54, 1.807) is 0 Å². The third kappa shape index (κ3) is 7.12. The van der Waals surface area contributed by atoms with Crippen molar-refractivity contribution in [3.8, 4) is 0 Å². The monoisotopic (exact) mass is 444 g/mol. The van der Waals surface area contributed by atoms with Gasteiger partial charge in [-0.1, -0.05) is 44.2 Å². The van der Waals surface area contributed by atoms with E-state index < -0.39 is 6.04 Å². The topological polar surface area (TPSA) is 83.6 Å². The molecule has 1 aromatic heterocycles. The van der Waals surface area contributed by atoms with Gasteiger partial charge in [0.2, 0.25) is 11.8 Å². The minimum Gasteiger partial charge on any atom is -0.373 e. The van der Waals surface area contributed by atoms with Crippen LogP contribution in [0.3, 0.4) is 0 Å². The summed E-state index contributed by atoms with van der Waals surface area (Å²) in [4.78, 5) is 32.2. The lowest BCUT2D eigenvalue weighted by Crippen LogP contribution is -2.47. The Labute approximate surface area is 188 Å². The zero-order chi connectivity index (χ0) is 22.4. The van der Waals surface area contributed by atoms with Crippen LogP contribution in [-0.2, 0) is 27.3 Å². The Morgan fingerprint density at radius 1 is 1.19 bits per heavy atom. The average molecular weight is 445 g/mol. The molecular formula is C23H32N4O3S. The molecule has 0 aliphatic carbocycles. The first kappa shape index (κ1) is 23.4. The van der Waals surface area contributed by atoms with Gasteiger partial charge in [0.15, 0.2) is 5.13 Å². The number of hydrogen-bond donors (Lipinski definition) is 2. The molecule has 0 radical (unpaired) electrons. The number of nitrogens with zero attached hydrogens (tertiary/aromatic N) is 2. The Morgan fingerprint density at radius 2 is 1.87 bits per heavy atom. The third-order valence-corrected chi connectivity index (χ3v) is 5.94. The largest absolute Gasteiger partial charge is 0.373 e. The van der Waals surface area contributed by atoms with Gasteiger partial charge in [0.1, 0.15) is 6.04 Å². The predicted molar refractivity (Wildman–Crippen MR) is 123 cm³/mol. The molecule has 168 valence electrons. The highest BCUT2D eigenvalue weighted by molar-refractivity contribution is 7.13. The summed E-state index contributed by atoms with van der Waals surface area (Å²) in [6.45, 7) is 10.5. The summed E-state index contributed by atoms with van der Waals surface area (Å²) >= 11 is 1.41. The van der Waals surface area contributed by atoms with Gasteiger partial charge in [0, 0.05) is 25.0 Å². The summed E-state index contributed by atoms with van der Waals surface area (Å²) in [7, 11) is 0. The smallest absolute Gasteiger partial charge is 0.248 e. The molecular weight excluding hydrogens is 412 g/mol. The van der Waals surface area contributed by atoms with Crippen molar-refractivity contribution in [3.05, 3.63) is 47.0 Å². The van der Waals surface area contributed by atoms with Crippen molar-refractivity contribution < 1.29 is 14.3 Å². The van der Waals surface area contributed by atoms with E-state index in [0.717, 1.165) is 30.9 Å². The van der Waals surface area contributed by atoms with Gasteiger partial charge in [-0.15, -0.1) is 11.3 Å². The van der Waals surface area contributed by atoms with Crippen LogP contribution in [0.4, 0.5) is 5.13 Å². The molecule has 0 unspecified atom stereocenters. The zero-order valence-corrected chi connectivity index (χ0v) is 19.4. The summed E-state index contributed by atoms with van der Waals surface area (Å²) < 4.78 is 5.78. The van der Waals surface area contributed by atoms with E-state index >= 15 is 0 Å². The molecule has 2 amide bonds. The first-order valence-corrected chi connectivity index (χ1v) is 11.6. The molecule has 7 nitrogen and oxygen atoms in total. The summed E-state index contributed by atoms with van der Waals surface area (Å²) in [5, 5.41) is 8.27. The van der Waals surface area contributed by atoms with Crippen LogP contribution in [0.2, 0.25) is 0 Å². The molecule has 1 saturated heterocycles. The van der Waals surface area contributed by atoms with Gasteiger partial charge in [-0.05, 0) is 25.3 Å². The van der Waals surface area contributed by atoms with Crippen molar-refractivity contribution in [2.45, 2.75) is 58.9 Å². The van der Waals surface area contributed by atoms with Gasteiger partial charge in [-0.2, -0.15) is 0 Å². The Bertz CT molecular complexity index is 861. The quantitative estimate of drug-likeness (QED) is 0.654. The number of nitrogens with one attached hydrogen (secondary N) is 2. The number of benzene rings is 1. The summed E-state index contributed by atoms with van der Waals surface area (Å²) in [5.41, 5.74) is 1.84. The highest BCUT2D eigenvalue weighted by atomic mass is 32.1. The number of rotatable bonds is 8. The minimum absolute atomic E-state index is 0.0459. The molecule has 2 N–H and O–H groups in total. The second-order valence-corrected chi connectivity index (χ2v) is 9.39. The number of amides is 2. The standard InChI is InChI=1S/C23H32N4O3S/c1-15(2)21(25-20(28)10-18-8-6-5-7-9-18)22(29)26-23-24-19(14-31-23)13-27-11-16(3)30-17(4)12-27/h5-9,14-17,21H,10-13H2,1-4H3,(H,25,28)(H,24,26,29)/t16-,17+,21-/m0/s1. The summed E-state index contributed by atoms with van der Waals surface area (Å²) in [6.07, 6.45) is 0.649.